The number of rotatable bonds is 8. The highest BCUT2D eigenvalue weighted by Crippen LogP contribution is 2.43. The normalized spacial score (nSPS) is 16.7. The van der Waals surface area contributed by atoms with Gasteiger partial charge in [0, 0.05) is 48.7 Å². The van der Waals surface area contributed by atoms with E-state index >= 15 is 0 Å². The molecule has 0 spiro atoms. The van der Waals surface area contributed by atoms with Gasteiger partial charge in [-0.05, 0) is 66.8 Å². The third-order valence-electron chi connectivity index (χ3n) is 6.30. The average Bonchev–Trinajstić information content (AvgIpc) is 3.55. The molecular formula is C27H23ClN6O4S. The van der Waals surface area contributed by atoms with Crippen LogP contribution in [0.5, 0.6) is 0 Å². The SMILES string of the molecule is COCC(=O)Nc1ccc(N2C(=S)NC(c3ccccn3)C2c2cccn2-c2ccc([N+](=O)[O-])cc2)cc1Cl. The van der Waals surface area contributed by atoms with Crippen molar-refractivity contribution >= 4 is 51.9 Å². The second kappa shape index (κ2) is 11.2. The Morgan fingerprint density at radius 1 is 1.15 bits per heavy atom. The van der Waals surface area contributed by atoms with E-state index in [1.165, 1.54) is 19.2 Å². The van der Waals surface area contributed by atoms with Crippen molar-refractivity contribution in [3.05, 3.63) is 112 Å². The van der Waals surface area contributed by atoms with Crippen molar-refractivity contribution in [2.45, 2.75) is 12.1 Å². The first-order valence-corrected chi connectivity index (χ1v) is 12.7. The van der Waals surface area contributed by atoms with Crippen LogP contribution in [0.4, 0.5) is 17.1 Å². The van der Waals surface area contributed by atoms with Gasteiger partial charge in [-0.25, -0.2) is 0 Å². The molecule has 3 heterocycles. The summed E-state index contributed by atoms with van der Waals surface area (Å²) in [5, 5.41) is 18.1. The number of hydrogen-bond donors (Lipinski definition) is 2. The van der Waals surface area contributed by atoms with E-state index in [4.69, 9.17) is 28.6 Å². The zero-order chi connectivity index (χ0) is 27.5. The molecule has 0 saturated carbocycles. The number of carbonyl (C=O) groups excluding carboxylic acids is 1. The number of nitrogens with zero attached hydrogens (tertiary/aromatic N) is 4. The highest BCUT2D eigenvalue weighted by atomic mass is 35.5. The van der Waals surface area contributed by atoms with Gasteiger partial charge in [0.2, 0.25) is 5.91 Å². The summed E-state index contributed by atoms with van der Waals surface area (Å²) in [6, 6.07) is 20.5. The van der Waals surface area contributed by atoms with Gasteiger partial charge in [0.05, 0.1) is 27.4 Å². The number of aromatic nitrogens is 2. The van der Waals surface area contributed by atoms with Crippen LogP contribution in [0.3, 0.4) is 0 Å². The van der Waals surface area contributed by atoms with Crippen molar-refractivity contribution in [1.82, 2.24) is 14.9 Å². The molecule has 12 heteroatoms. The van der Waals surface area contributed by atoms with Crippen LogP contribution in [-0.2, 0) is 9.53 Å². The summed E-state index contributed by atoms with van der Waals surface area (Å²) in [4.78, 5) is 29.3. The minimum Gasteiger partial charge on any atom is -0.375 e. The van der Waals surface area contributed by atoms with Gasteiger partial charge in [-0.3, -0.25) is 19.9 Å². The molecule has 0 radical (unpaired) electrons. The number of amides is 1. The number of ether oxygens (including phenoxy) is 1. The number of nitro groups is 1. The van der Waals surface area contributed by atoms with Gasteiger partial charge < -0.3 is 24.8 Å². The highest BCUT2D eigenvalue weighted by Gasteiger charge is 2.42. The van der Waals surface area contributed by atoms with Crippen LogP contribution in [0.1, 0.15) is 23.5 Å². The van der Waals surface area contributed by atoms with E-state index in [2.05, 4.69) is 15.6 Å². The van der Waals surface area contributed by atoms with Crippen molar-refractivity contribution in [3.63, 3.8) is 0 Å². The number of hydrogen-bond acceptors (Lipinski definition) is 6. The standard InChI is InChI=1S/C27H23ClN6O4S/c1-38-16-24(35)30-21-12-11-19(15-20(21)28)33-26(25(31-27(33)39)22-5-2-3-13-29-22)23-6-4-14-32(23)17-7-9-18(10-8-17)34(36)37/h2-15,25-26H,16H2,1H3,(H,30,35)(H,31,39). The van der Waals surface area contributed by atoms with Crippen molar-refractivity contribution in [3.8, 4) is 5.69 Å². The van der Waals surface area contributed by atoms with Crippen LogP contribution in [-0.4, -0.2) is 39.2 Å². The Kier molecular flexibility index (Phi) is 7.55. The van der Waals surface area contributed by atoms with E-state index < -0.39 is 4.92 Å². The van der Waals surface area contributed by atoms with Gasteiger partial charge in [-0.2, -0.15) is 0 Å². The monoisotopic (exact) mass is 562 g/mol. The van der Waals surface area contributed by atoms with E-state index in [9.17, 15) is 14.9 Å². The number of benzene rings is 2. The molecule has 5 rings (SSSR count). The van der Waals surface area contributed by atoms with Gasteiger partial charge in [0.15, 0.2) is 5.11 Å². The summed E-state index contributed by atoms with van der Waals surface area (Å²) in [5.41, 5.74) is 3.59. The molecular weight excluding hydrogens is 540 g/mol. The Balaban J connectivity index is 1.58. The fourth-order valence-electron chi connectivity index (χ4n) is 4.61. The smallest absolute Gasteiger partial charge is 0.269 e. The lowest BCUT2D eigenvalue weighted by molar-refractivity contribution is -0.384. The molecule has 2 aromatic carbocycles. The van der Waals surface area contributed by atoms with Gasteiger partial charge in [-0.15, -0.1) is 0 Å². The highest BCUT2D eigenvalue weighted by molar-refractivity contribution is 7.80. The molecule has 39 heavy (non-hydrogen) atoms. The number of pyridine rings is 1. The van der Waals surface area contributed by atoms with E-state index in [1.54, 1.807) is 30.5 Å². The molecule has 1 saturated heterocycles. The molecule has 1 amide bonds. The minimum atomic E-state index is -0.427. The van der Waals surface area contributed by atoms with Crippen molar-refractivity contribution in [2.75, 3.05) is 23.9 Å². The van der Waals surface area contributed by atoms with Gasteiger partial charge in [-0.1, -0.05) is 17.7 Å². The summed E-state index contributed by atoms with van der Waals surface area (Å²) in [5.74, 6) is -0.320. The predicted octanol–water partition coefficient (Wildman–Crippen LogP) is 5.20. The van der Waals surface area contributed by atoms with Crippen molar-refractivity contribution in [1.29, 1.82) is 0 Å². The summed E-state index contributed by atoms with van der Waals surface area (Å²) in [7, 11) is 1.44. The maximum atomic E-state index is 12.0. The Morgan fingerprint density at radius 2 is 1.92 bits per heavy atom. The third-order valence-corrected chi connectivity index (χ3v) is 6.93. The number of thiocarbonyl (C=S) groups is 1. The minimum absolute atomic E-state index is 0.0106. The molecule has 2 atom stereocenters. The maximum absolute atomic E-state index is 12.0. The summed E-state index contributed by atoms with van der Waals surface area (Å²) in [6.45, 7) is -0.0916. The first-order chi connectivity index (χ1) is 18.9. The number of nitro benzene ring substituents is 1. The first-order valence-electron chi connectivity index (χ1n) is 11.9. The Morgan fingerprint density at radius 3 is 2.59 bits per heavy atom. The van der Waals surface area contributed by atoms with Crippen LogP contribution in [0.15, 0.2) is 85.2 Å². The van der Waals surface area contributed by atoms with Crippen LogP contribution in [0, 0.1) is 10.1 Å². The zero-order valence-corrected chi connectivity index (χ0v) is 22.2. The summed E-state index contributed by atoms with van der Waals surface area (Å²) in [6.07, 6.45) is 3.62. The van der Waals surface area contributed by atoms with Crippen molar-refractivity contribution < 1.29 is 14.5 Å². The second-order valence-electron chi connectivity index (χ2n) is 8.72. The summed E-state index contributed by atoms with van der Waals surface area (Å²) >= 11 is 12.4. The number of halogens is 1. The third kappa shape index (κ3) is 5.32. The number of nitrogens with one attached hydrogen (secondary N) is 2. The van der Waals surface area contributed by atoms with E-state index in [0.717, 1.165) is 17.1 Å². The fourth-order valence-corrected chi connectivity index (χ4v) is 5.18. The average molecular weight is 563 g/mol. The lowest BCUT2D eigenvalue weighted by atomic mass is 10.0. The predicted molar refractivity (Wildman–Crippen MR) is 152 cm³/mol. The van der Waals surface area contributed by atoms with Gasteiger partial charge in [0.25, 0.3) is 5.69 Å². The largest absolute Gasteiger partial charge is 0.375 e. The molecule has 4 aromatic rings. The Labute approximate surface area is 234 Å². The molecule has 2 unspecified atom stereocenters. The van der Waals surface area contributed by atoms with Crippen molar-refractivity contribution in [2.24, 2.45) is 0 Å². The van der Waals surface area contributed by atoms with Gasteiger partial charge in [0.1, 0.15) is 12.6 Å². The molecule has 198 valence electrons. The quantitative estimate of drug-likeness (QED) is 0.171. The molecule has 0 aliphatic carbocycles. The van der Waals surface area contributed by atoms with E-state index in [1.807, 2.05) is 52.1 Å². The van der Waals surface area contributed by atoms with E-state index in [-0.39, 0.29) is 30.3 Å². The number of methoxy groups -OCH3 is 1. The van der Waals surface area contributed by atoms with Crippen LogP contribution < -0.4 is 15.5 Å². The lowest BCUT2D eigenvalue weighted by Crippen LogP contribution is -2.30. The fraction of sp³-hybridized carbons (Fsp3) is 0.148. The molecule has 1 aliphatic rings. The molecule has 10 nitrogen and oxygen atoms in total. The van der Waals surface area contributed by atoms with Crippen LogP contribution in [0.25, 0.3) is 5.69 Å². The number of non-ortho nitro benzene ring substituents is 1. The van der Waals surface area contributed by atoms with Crippen LogP contribution >= 0.6 is 23.8 Å². The molecule has 1 fully saturated rings. The molecule has 0 bridgehead atoms. The zero-order valence-electron chi connectivity index (χ0n) is 20.7. The number of anilines is 2. The Bertz CT molecular complexity index is 1530. The topological polar surface area (TPSA) is 115 Å². The lowest BCUT2D eigenvalue weighted by Gasteiger charge is -2.29. The van der Waals surface area contributed by atoms with Crippen LogP contribution in [0.2, 0.25) is 5.02 Å². The first kappa shape index (κ1) is 26.3. The maximum Gasteiger partial charge on any atom is 0.269 e. The molecule has 2 aromatic heterocycles. The molecule has 2 N–H and O–H groups in total. The van der Waals surface area contributed by atoms with Gasteiger partial charge >= 0.3 is 0 Å². The summed E-state index contributed by atoms with van der Waals surface area (Å²) < 4.78 is 6.85. The van der Waals surface area contributed by atoms with E-state index in [0.29, 0.717) is 21.5 Å². The second-order valence-corrected chi connectivity index (χ2v) is 9.51. The number of carbonyl (C=O) groups is 1. The Hall–Kier alpha value is -4.32. The molecule has 1 aliphatic heterocycles.